The Morgan fingerprint density at radius 3 is 2.85 bits per heavy atom. The van der Waals surface area contributed by atoms with Gasteiger partial charge in [-0.1, -0.05) is 0 Å². The molecule has 1 aromatic carbocycles. The van der Waals surface area contributed by atoms with Crippen LogP contribution in [0.2, 0.25) is 0 Å². The Morgan fingerprint density at radius 2 is 2.15 bits per heavy atom. The van der Waals surface area contributed by atoms with Crippen molar-refractivity contribution in [3.63, 3.8) is 0 Å². The van der Waals surface area contributed by atoms with E-state index in [-0.39, 0.29) is 0 Å². The number of pyridine rings is 1. The third-order valence-corrected chi connectivity index (χ3v) is 3.97. The topological polar surface area (TPSA) is 64.9 Å². The molecule has 0 saturated carbocycles. The zero-order chi connectivity index (χ0) is 14.3. The lowest BCUT2D eigenvalue weighted by Gasteiger charge is -2.07. The van der Waals surface area contributed by atoms with Crippen molar-refractivity contribution in [3.8, 4) is 0 Å². The van der Waals surface area contributed by atoms with Crippen molar-refractivity contribution < 1.29 is 8.81 Å². The van der Waals surface area contributed by atoms with Gasteiger partial charge >= 0.3 is 0 Å². The minimum Gasteiger partial charge on any atom is -0.436 e. The second-order valence-electron chi connectivity index (χ2n) is 4.40. The molecule has 2 N–H and O–H groups in total. The maximum Gasteiger partial charge on any atom is 0.261 e. The first-order chi connectivity index (χ1) is 9.56. The molecule has 102 valence electrons. The lowest BCUT2D eigenvalue weighted by Crippen LogP contribution is -1.94. The zero-order valence-electron chi connectivity index (χ0n) is 11.0. The Bertz CT molecular complexity index is 781. The Morgan fingerprint density at radius 1 is 1.35 bits per heavy atom. The normalized spacial score (nSPS) is 11.2. The minimum absolute atomic E-state index is 0.370. The molecule has 0 radical (unpaired) electrons. The van der Waals surface area contributed by atoms with E-state index in [1.165, 1.54) is 6.07 Å². The lowest BCUT2D eigenvalue weighted by molar-refractivity contribution is 0.430. The predicted molar refractivity (Wildman–Crippen MR) is 76.2 cm³/mol. The standard InChI is InChI=1S/C14H12FN3OS/c1-7-8(2)19-14(18-7)20-13-10(15)6-11(16)9-4-3-5-17-12(9)13/h3-6H,16H2,1-2H3. The molecular weight excluding hydrogens is 277 g/mol. The summed E-state index contributed by atoms with van der Waals surface area (Å²) in [5.74, 6) is 0.299. The van der Waals surface area contributed by atoms with Gasteiger partial charge < -0.3 is 10.2 Å². The summed E-state index contributed by atoms with van der Waals surface area (Å²) in [5, 5.41) is 1.12. The van der Waals surface area contributed by atoms with Crippen molar-refractivity contribution in [2.45, 2.75) is 24.0 Å². The van der Waals surface area contributed by atoms with Gasteiger partial charge in [-0.2, -0.15) is 0 Å². The van der Waals surface area contributed by atoms with Crippen LogP contribution >= 0.6 is 11.8 Å². The van der Waals surface area contributed by atoms with Gasteiger partial charge in [-0.3, -0.25) is 4.98 Å². The molecule has 0 aliphatic heterocycles. The summed E-state index contributed by atoms with van der Waals surface area (Å²) >= 11 is 1.12. The number of nitrogens with zero attached hydrogens (tertiary/aromatic N) is 2. The highest BCUT2D eigenvalue weighted by molar-refractivity contribution is 7.99. The Kier molecular flexibility index (Phi) is 3.10. The number of fused-ring (bicyclic) bond motifs is 1. The summed E-state index contributed by atoms with van der Waals surface area (Å²) in [4.78, 5) is 8.84. The molecule has 0 spiro atoms. The van der Waals surface area contributed by atoms with Gasteiger partial charge in [0.25, 0.3) is 5.22 Å². The number of benzene rings is 1. The predicted octanol–water partition coefficient (Wildman–Crippen LogP) is 3.71. The Hall–Kier alpha value is -2.08. The van der Waals surface area contributed by atoms with Crippen LogP contribution in [0.4, 0.5) is 10.1 Å². The smallest absolute Gasteiger partial charge is 0.261 e. The summed E-state index contributed by atoms with van der Waals surface area (Å²) in [6.07, 6.45) is 1.61. The van der Waals surface area contributed by atoms with Crippen LogP contribution in [0.15, 0.2) is 38.9 Å². The fourth-order valence-electron chi connectivity index (χ4n) is 1.88. The van der Waals surface area contributed by atoms with Crippen molar-refractivity contribution in [1.29, 1.82) is 0 Å². The quantitative estimate of drug-likeness (QED) is 0.728. The number of rotatable bonds is 2. The molecule has 0 aliphatic carbocycles. The second-order valence-corrected chi connectivity index (χ2v) is 5.36. The monoisotopic (exact) mass is 289 g/mol. The molecule has 4 nitrogen and oxygen atoms in total. The van der Waals surface area contributed by atoms with Crippen molar-refractivity contribution in [3.05, 3.63) is 41.7 Å². The molecule has 0 fully saturated rings. The highest BCUT2D eigenvalue weighted by atomic mass is 32.2. The third-order valence-electron chi connectivity index (χ3n) is 3.03. The average molecular weight is 289 g/mol. The molecule has 6 heteroatoms. The molecule has 0 atom stereocenters. The number of hydrogen-bond acceptors (Lipinski definition) is 5. The van der Waals surface area contributed by atoms with Crippen LogP contribution in [0.1, 0.15) is 11.5 Å². The van der Waals surface area contributed by atoms with Gasteiger partial charge in [0, 0.05) is 17.3 Å². The lowest BCUT2D eigenvalue weighted by atomic mass is 10.2. The molecule has 0 saturated heterocycles. The van der Waals surface area contributed by atoms with E-state index in [0.29, 0.717) is 21.3 Å². The first-order valence-electron chi connectivity index (χ1n) is 6.01. The fraction of sp³-hybridized carbons (Fsp3) is 0.143. The van der Waals surface area contributed by atoms with Crippen LogP contribution in [0, 0.1) is 19.7 Å². The molecule has 2 heterocycles. The van der Waals surface area contributed by atoms with Gasteiger partial charge in [0.05, 0.1) is 16.1 Å². The molecule has 0 bridgehead atoms. The van der Waals surface area contributed by atoms with E-state index >= 15 is 0 Å². The third kappa shape index (κ3) is 2.12. The summed E-state index contributed by atoms with van der Waals surface area (Å²) in [7, 11) is 0. The van der Waals surface area contributed by atoms with E-state index in [1.54, 1.807) is 12.3 Å². The Balaban J connectivity index is 2.15. The summed E-state index contributed by atoms with van der Waals surface area (Å²) in [5.41, 5.74) is 7.50. The largest absolute Gasteiger partial charge is 0.436 e. The van der Waals surface area contributed by atoms with E-state index < -0.39 is 5.82 Å². The number of oxazole rings is 1. The molecule has 0 aliphatic rings. The first-order valence-corrected chi connectivity index (χ1v) is 6.82. The van der Waals surface area contributed by atoms with Crippen molar-refractivity contribution >= 4 is 28.4 Å². The molecular formula is C14H12FN3OS. The van der Waals surface area contributed by atoms with E-state index in [9.17, 15) is 4.39 Å². The van der Waals surface area contributed by atoms with Gasteiger partial charge in [-0.25, -0.2) is 9.37 Å². The minimum atomic E-state index is -0.424. The van der Waals surface area contributed by atoms with Crippen LogP contribution in [0.3, 0.4) is 0 Å². The number of hydrogen-bond donors (Lipinski definition) is 1. The van der Waals surface area contributed by atoms with Gasteiger partial charge in [0.15, 0.2) is 0 Å². The number of nitrogens with two attached hydrogens (primary N) is 1. The van der Waals surface area contributed by atoms with Crippen molar-refractivity contribution in [1.82, 2.24) is 9.97 Å². The maximum atomic E-state index is 14.2. The van der Waals surface area contributed by atoms with Gasteiger partial charge in [0.1, 0.15) is 11.6 Å². The molecule has 3 rings (SSSR count). The van der Waals surface area contributed by atoms with E-state index in [4.69, 9.17) is 10.2 Å². The van der Waals surface area contributed by atoms with E-state index in [2.05, 4.69) is 9.97 Å². The molecule has 20 heavy (non-hydrogen) atoms. The van der Waals surface area contributed by atoms with Crippen LogP contribution in [0.5, 0.6) is 0 Å². The number of halogens is 1. The van der Waals surface area contributed by atoms with Crippen LogP contribution in [-0.4, -0.2) is 9.97 Å². The van der Waals surface area contributed by atoms with Crippen molar-refractivity contribution in [2.24, 2.45) is 0 Å². The number of nitrogen functional groups attached to an aromatic ring is 1. The fourth-order valence-corrected chi connectivity index (χ4v) is 2.82. The second kappa shape index (κ2) is 4.79. The Labute approximate surface area is 119 Å². The van der Waals surface area contributed by atoms with Crippen LogP contribution in [0.25, 0.3) is 10.9 Å². The van der Waals surface area contributed by atoms with E-state index in [1.807, 2.05) is 19.9 Å². The number of anilines is 1. The molecule has 2 aromatic heterocycles. The zero-order valence-corrected chi connectivity index (χ0v) is 11.8. The SMILES string of the molecule is Cc1nc(Sc2c(F)cc(N)c3cccnc23)oc1C. The number of aromatic nitrogens is 2. The summed E-state index contributed by atoms with van der Waals surface area (Å²) in [6, 6.07) is 4.88. The van der Waals surface area contributed by atoms with Crippen molar-refractivity contribution in [2.75, 3.05) is 5.73 Å². The highest BCUT2D eigenvalue weighted by Gasteiger charge is 2.16. The van der Waals surface area contributed by atoms with Crippen LogP contribution in [-0.2, 0) is 0 Å². The summed E-state index contributed by atoms with van der Waals surface area (Å²) < 4.78 is 19.6. The molecule has 0 unspecified atom stereocenters. The van der Waals surface area contributed by atoms with Gasteiger partial charge in [0.2, 0.25) is 0 Å². The molecule has 0 amide bonds. The van der Waals surface area contributed by atoms with Crippen LogP contribution < -0.4 is 5.73 Å². The van der Waals surface area contributed by atoms with E-state index in [0.717, 1.165) is 28.6 Å². The van der Waals surface area contributed by atoms with Gasteiger partial charge in [-0.05, 0) is 43.8 Å². The average Bonchev–Trinajstić information content (AvgIpc) is 2.73. The highest BCUT2D eigenvalue weighted by Crippen LogP contribution is 2.37. The van der Waals surface area contributed by atoms with Gasteiger partial charge in [-0.15, -0.1) is 0 Å². The first kappa shape index (κ1) is 12.9. The number of aryl methyl sites for hydroxylation is 2. The molecule has 3 aromatic rings. The maximum absolute atomic E-state index is 14.2. The summed E-state index contributed by atoms with van der Waals surface area (Å²) in [6.45, 7) is 3.67.